The van der Waals surface area contributed by atoms with Gasteiger partial charge in [0.25, 0.3) is 0 Å². The largest absolute Gasteiger partial charge is 0.394 e. The number of allylic oxidation sites excluding steroid dienone is 7. The van der Waals surface area contributed by atoms with Crippen molar-refractivity contribution in [3.63, 3.8) is 0 Å². The molecule has 1 amide bonds. The molecule has 0 aliphatic rings. The summed E-state index contributed by atoms with van der Waals surface area (Å²) in [5, 5.41) is 23.0. The molecule has 2 unspecified atom stereocenters. The fraction of sp³-hybridized carbons (Fsp3) is 0.836. The van der Waals surface area contributed by atoms with Gasteiger partial charge in [-0.25, -0.2) is 0 Å². The van der Waals surface area contributed by atoms with Gasteiger partial charge in [0.15, 0.2) is 0 Å². The third-order valence-corrected chi connectivity index (χ3v) is 12.0. The highest BCUT2D eigenvalue weighted by atomic mass is 16.3. The molecule has 0 aliphatic heterocycles. The first-order valence-electron chi connectivity index (χ1n) is 26.4. The Labute approximate surface area is 369 Å². The molecule has 346 valence electrons. The number of amides is 1. The Kier molecular flexibility index (Phi) is 49.3. The molecule has 0 saturated carbocycles. The lowest BCUT2D eigenvalue weighted by Gasteiger charge is -2.19. The normalized spacial score (nSPS) is 13.2. The van der Waals surface area contributed by atoms with Crippen LogP contribution in [0.2, 0.25) is 0 Å². The van der Waals surface area contributed by atoms with E-state index in [2.05, 4.69) is 55.6 Å². The maximum atomic E-state index is 12.4. The number of nitrogens with one attached hydrogen (secondary N) is 1. The summed E-state index contributed by atoms with van der Waals surface area (Å²) in [6.07, 6.45) is 69.8. The van der Waals surface area contributed by atoms with Crippen molar-refractivity contribution >= 4 is 5.91 Å². The van der Waals surface area contributed by atoms with Crippen LogP contribution in [0.25, 0.3) is 0 Å². The van der Waals surface area contributed by atoms with E-state index in [1.807, 2.05) is 6.08 Å². The Hall–Kier alpha value is -1.65. The zero-order valence-electron chi connectivity index (χ0n) is 39.8. The summed E-state index contributed by atoms with van der Waals surface area (Å²) in [6.45, 7) is 4.30. The van der Waals surface area contributed by atoms with Crippen LogP contribution in [0.4, 0.5) is 0 Å². The standard InChI is InChI=1S/C55H103NO3/c1-3-5-7-9-11-13-15-17-19-20-21-22-23-24-25-26-27-28-29-30-31-32-33-34-35-36-37-39-41-43-45-47-49-51-55(59)56-53(52-57)54(58)50-48-46-44-42-40-38-18-16-14-12-10-8-6-4-2/h21-22,24-25,40,42,48,50,53-54,57-58H,3-20,23,26-39,41,43-47,49,51-52H2,1-2H3,(H,56,59)/b22-21-,25-24-,42-40+,50-48+. The van der Waals surface area contributed by atoms with E-state index in [9.17, 15) is 15.0 Å². The summed E-state index contributed by atoms with van der Waals surface area (Å²) in [7, 11) is 0. The molecule has 2 atom stereocenters. The first-order chi connectivity index (χ1) is 29.2. The number of carbonyl (C=O) groups is 1. The highest BCUT2D eigenvalue weighted by molar-refractivity contribution is 5.76. The summed E-state index contributed by atoms with van der Waals surface area (Å²) in [4.78, 5) is 12.4. The van der Waals surface area contributed by atoms with E-state index in [1.165, 1.54) is 218 Å². The molecule has 0 aliphatic carbocycles. The number of hydrogen-bond acceptors (Lipinski definition) is 3. The molecule has 59 heavy (non-hydrogen) atoms. The average molecular weight is 826 g/mol. The summed E-state index contributed by atoms with van der Waals surface area (Å²) in [5.41, 5.74) is 0. The number of hydrogen-bond donors (Lipinski definition) is 3. The molecule has 0 heterocycles. The van der Waals surface area contributed by atoms with Gasteiger partial charge in [0, 0.05) is 6.42 Å². The Bertz CT molecular complexity index is 939. The second-order valence-corrected chi connectivity index (χ2v) is 17.9. The lowest BCUT2D eigenvalue weighted by Crippen LogP contribution is -2.45. The third kappa shape index (κ3) is 47.3. The topological polar surface area (TPSA) is 69.6 Å². The molecule has 0 bridgehead atoms. The second-order valence-electron chi connectivity index (χ2n) is 17.9. The monoisotopic (exact) mass is 826 g/mol. The van der Waals surface area contributed by atoms with Gasteiger partial charge in [-0.1, -0.05) is 255 Å². The first-order valence-corrected chi connectivity index (χ1v) is 26.4. The maximum Gasteiger partial charge on any atom is 0.220 e. The summed E-state index contributed by atoms with van der Waals surface area (Å²) >= 11 is 0. The van der Waals surface area contributed by atoms with Crippen molar-refractivity contribution in [3.05, 3.63) is 48.6 Å². The highest BCUT2D eigenvalue weighted by Crippen LogP contribution is 2.16. The zero-order valence-corrected chi connectivity index (χ0v) is 39.8. The summed E-state index contributed by atoms with van der Waals surface area (Å²) in [6, 6.07) is -0.638. The molecule has 0 spiro atoms. The van der Waals surface area contributed by atoms with Gasteiger partial charge in [-0.15, -0.1) is 0 Å². The van der Waals surface area contributed by atoms with E-state index in [0.29, 0.717) is 6.42 Å². The van der Waals surface area contributed by atoms with Gasteiger partial charge >= 0.3 is 0 Å². The van der Waals surface area contributed by atoms with Crippen molar-refractivity contribution in [3.8, 4) is 0 Å². The molecular weight excluding hydrogens is 723 g/mol. The van der Waals surface area contributed by atoms with E-state index in [1.54, 1.807) is 6.08 Å². The predicted octanol–water partition coefficient (Wildman–Crippen LogP) is 17.1. The van der Waals surface area contributed by atoms with Gasteiger partial charge in [-0.3, -0.25) is 4.79 Å². The van der Waals surface area contributed by atoms with Crippen LogP contribution in [-0.4, -0.2) is 34.9 Å². The number of aliphatic hydroxyl groups excluding tert-OH is 2. The molecule has 0 saturated heterocycles. The number of unbranched alkanes of at least 4 members (excludes halogenated alkanes) is 35. The van der Waals surface area contributed by atoms with Crippen LogP contribution in [0.15, 0.2) is 48.6 Å². The lowest BCUT2D eigenvalue weighted by atomic mass is 10.0. The molecule has 0 fully saturated rings. The van der Waals surface area contributed by atoms with E-state index < -0.39 is 12.1 Å². The van der Waals surface area contributed by atoms with Gasteiger partial charge in [0.2, 0.25) is 5.91 Å². The minimum Gasteiger partial charge on any atom is -0.394 e. The molecule has 0 aromatic carbocycles. The van der Waals surface area contributed by atoms with Crippen molar-refractivity contribution in [1.29, 1.82) is 0 Å². The molecule has 3 N–H and O–H groups in total. The van der Waals surface area contributed by atoms with Crippen LogP contribution in [0, 0.1) is 0 Å². The fourth-order valence-electron chi connectivity index (χ4n) is 7.99. The average Bonchev–Trinajstić information content (AvgIpc) is 3.24. The van der Waals surface area contributed by atoms with Gasteiger partial charge in [0.05, 0.1) is 18.8 Å². The van der Waals surface area contributed by atoms with E-state index in [-0.39, 0.29) is 12.5 Å². The van der Waals surface area contributed by atoms with Crippen molar-refractivity contribution in [1.82, 2.24) is 5.32 Å². The SMILES string of the molecule is CCCCCCCCCC/C=C/CC/C=C/C(O)C(CO)NC(=O)CCCCCCCCCCCCCCCCCCC/C=C\C/C=C\CCCCCCCCCCC. The second kappa shape index (κ2) is 50.7. The van der Waals surface area contributed by atoms with E-state index in [4.69, 9.17) is 0 Å². The molecule has 0 radical (unpaired) electrons. The molecule has 0 aromatic rings. The number of aliphatic hydroxyl groups is 2. The third-order valence-electron chi connectivity index (χ3n) is 12.0. The van der Waals surface area contributed by atoms with Gasteiger partial charge in [-0.05, 0) is 64.2 Å². The van der Waals surface area contributed by atoms with Gasteiger partial charge in [0.1, 0.15) is 0 Å². The van der Waals surface area contributed by atoms with Crippen LogP contribution in [0.5, 0.6) is 0 Å². The number of carbonyl (C=O) groups excluding carboxylic acids is 1. The van der Waals surface area contributed by atoms with Crippen LogP contribution >= 0.6 is 0 Å². The minimum absolute atomic E-state index is 0.0722. The summed E-state index contributed by atoms with van der Waals surface area (Å²) < 4.78 is 0. The van der Waals surface area contributed by atoms with Crippen molar-refractivity contribution in [2.24, 2.45) is 0 Å². The van der Waals surface area contributed by atoms with E-state index in [0.717, 1.165) is 38.5 Å². The lowest BCUT2D eigenvalue weighted by molar-refractivity contribution is -0.123. The highest BCUT2D eigenvalue weighted by Gasteiger charge is 2.17. The molecular formula is C55H103NO3. The van der Waals surface area contributed by atoms with Crippen molar-refractivity contribution < 1.29 is 15.0 Å². The zero-order chi connectivity index (χ0) is 42.8. The predicted molar refractivity (Wildman–Crippen MR) is 262 cm³/mol. The first kappa shape index (κ1) is 57.3. The van der Waals surface area contributed by atoms with E-state index >= 15 is 0 Å². The Morgan fingerprint density at radius 1 is 0.407 bits per heavy atom. The smallest absolute Gasteiger partial charge is 0.220 e. The Balaban J connectivity index is 3.47. The molecule has 0 aromatic heterocycles. The van der Waals surface area contributed by atoms with Crippen molar-refractivity contribution in [2.45, 2.75) is 289 Å². The van der Waals surface area contributed by atoms with Crippen LogP contribution in [0.3, 0.4) is 0 Å². The fourth-order valence-corrected chi connectivity index (χ4v) is 7.99. The van der Waals surface area contributed by atoms with Crippen LogP contribution in [0.1, 0.15) is 277 Å². The van der Waals surface area contributed by atoms with Gasteiger partial charge < -0.3 is 15.5 Å². The Morgan fingerprint density at radius 3 is 1.08 bits per heavy atom. The number of rotatable bonds is 48. The van der Waals surface area contributed by atoms with Gasteiger partial charge in [-0.2, -0.15) is 0 Å². The van der Waals surface area contributed by atoms with Crippen LogP contribution < -0.4 is 5.32 Å². The minimum atomic E-state index is -0.861. The maximum absolute atomic E-state index is 12.4. The summed E-state index contributed by atoms with van der Waals surface area (Å²) in [5.74, 6) is -0.0722. The Morgan fingerprint density at radius 2 is 0.712 bits per heavy atom. The van der Waals surface area contributed by atoms with Crippen molar-refractivity contribution in [2.75, 3.05) is 6.61 Å². The molecule has 4 heteroatoms. The quantitative estimate of drug-likeness (QED) is 0.0423. The molecule has 0 rings (SSSR count). The molecule has 4 nitrogen and oxygen atoms in total. The van der Waals surface area contributed by atoms with Crippen LogP contribution in [-0.2, 0) is 4.79 Å².